The summed E-state index contributed by atoms with van der Waals surface area (Å²) in [7, 11) is 0. The van der Waals surface area contributed by atoms with E-state index in [1.807, 2.05) is 66.4 Å². The standard InChI is InChI=1S/C25H28N4O/c1-3-29(21-12-5-4-6-13-21)25(30)20-11-9-17-28(18-20)24-16-15-23(26-27-24)22-14-8-7-10-19(22)2/h4-8,10,12-16,20H,3,9,11,17-18H2,1-2H3. The first-order valence-corrected chi connectivity index (χ1v) is 10.7. The van der Waals surface area contributed by atoms with Gasteiger partial charge in [0.1, 0.15) is 0 Å². The molecule has 5 heteroatoms. The average molecular weight is 401 g/mol. The van der Waals surface area contributed by atoms with Crippen LogP contribution in [0.4, 0.5) is 11.5 Å². The number of anilines is 2. The molecule has 5 nitrogen and oxygen atoms in total. The number of rotatable bonds is 5. The largest absolute Gasteiger partial charge is 0.354 e. The fourth-order valence-electron chi connectivity index (χ4n) is 4.18. The molecule has 0 N–H and O–H groups in total. The van der Waals surface area contributed by atoms with Crippen molar-refractivity contribution in [3.63, 3.8) is 0 Å². The quantitative estimate of drug-likeness (QED) is 0.622. The molecule has 3 aromatic rings. The van der Waals surface area contributed by atoms with Crippen molar-refractivity contribution in [3.8, 4) is 11.3 Å². The third-order valence-corrected chi connectivity index (χ3v) is 5.82. The van der Waals surface area contributed by atoms with E-state index in [-0.39, 0.29) is 11.8 Å². The van der Waals surface area contributed by atoms with Gasteiger partial charge in [0.2, 0.25) is 5.91 Å². The van der Waals surface area contributed by atoms with Crippen molar-refractivity contribution in [3.05, 3.63) is 72.3 Å². The number of aromatic nitrogens is 2. The van der Waals surface area contributed by atoms with Crippen molar-refractivity contribution < 1.29 is 4.79 Å². The van der Waals surface area contributed by atoms with Gasteiger partial charge in [-0.3, -0.25) is 4.79 Å². The van der Waals surface area contributed by atoms with E-state index in [2.05, 4.69) is 34.2 Å². The number of aryl methyl sites for hydroxylation is 1. The molecule has 1 fully saturated rings. The van der Waals surface area contributed by atoms with E-state index in [0.717, 1.165) is 42.1 Å². The molecule has 1 aliphatic rings. The number of piperidine rings is 1. The number of carbonyl (C=O) groups excluding carboxylic acids is 1. The maximum Gasteiger partial charge on any atom is 0.231 e. The van der Waals surface area contributed by atoms with Gasteiger partial charge in [-0.05, 0) is 56.5 Å². The van der Waals surface area contributed by atoms with Crippen molar-refractivity contribution in [2.24, 2.45) is 5.92 Å². The van der Waals surface area contributed by atoms with Gasteiger partial charge in [0, 0.05) is 30.9 Å². The summed E-state index contributed by atoms with van der Waals surface area (Å²) < 4.78 is 0. The molecule has 2 aromatic carbocycles. The molecule has 0 radical (unpaired) electrons. The average Bonchev–Trinajstić information content (AvgIpc) is 2.81. The highest BCUT2D eigenvalue weighted by molar-refractivity contribution is 5.95. The normalized spacial score (nSPS) is 16.3. The Bertz CT molecular complexity index is 988. The molecular formula is C25H28N4O. The van der Waals surface area contributed by atoms with Gasteiger partial charge in [0.25, 0.3) is 0 Å². The van der Waals surface area contributed by atoms with Gasteiger partial charge in [-0.15, -0.1) is 10.2 Å². The summed E-state index contributed by atoms with van der Waals surface area (Å²) in [5.41, 5.74) is 4.13. The number of carbonyl (C=O) groups is 1. The predicted molar refractivity (Wildman–Crippen MR) is 122 cm³/mol. The van der Waals surface area contributed by atoms with E-state index >= 15 is 0 Å². The van der Waals surface area contributed by atoms with E-state index in [0.29, 0.717) is 13.1 Å². The molecule has 0 spiro atoms. The Morgan fingerprint density at radius 2 is 1.80 bits per heavy atom. The third kappa shape index (κ3) is 4.20. The van der Waals surface area contributed by atoms with Crippen LogP contribution in [-0.4, -0.2) is 35.7 Å². The van der Waals surface area contributed by atoms with Gasteiger partial charge in [-0.1, -0.05) is 42.5 Å². The van der Waals surface area contributed by atoms with Gasteiger partial charge in [-0.25, -0.2) is 0 Å². The maximum atomic E-state index is 13.2. The number of hydrogen-bond acceptors (Lipinski definition) is 4. The van der Waals surface area contributed by atoms with Crippen LogP contribution in [0.25, 0.3) is 11.3 Å². The third-order valence-electron chi connectivity index (χ3n) is 5.82. The van der Waals surface area contributed by atoms with E-state index in [4.69, 9.17) is 0 Å². The molecule has 1 saturated heterocycles. The Morgan fingerprint density at radius 1 is 1.03 bits per heavy atom. The monoisotopic (exact) mass is 400 g/mol. The molecule has 1 atom stereocenters. The first-order chi connectivity index (χ1) is 14.7. The van der Waals surface area contributed by atoms with Gasteiger partial charge in [0.05, 0.1) is 11.6 Å². The van der Waals surface area contributed by atoms with E-state index in [1.54, 1.807) is 0 Å². The zero-order chi connectivity index (χ0) is 20.9. The van der Waals surface area contributed by atoms with Crippen molar-refractivity contribution in [2.45, 2.75) is 26.7 Å². The Labute approximate surface area is 178 Å². The van der Waals surface area contributed by atoms with Crippen molar-refractivity contribution >= 4 is 17.4 Å². The van der Waals surface area contributed by atoms with Crippen LogP contribution >= 0.6 is 0 Å². The summed E-state index contributed by atoms with van der Waals surface area (Å²) in [5, 5.41) is 8.95. The Morgan fingerprint density at radius 3 is 2.50 bits per heavy atom. The number of hydrogen-bond donors (Lipinski definition) is 0. The van der Waals surface area contributed by atoms with Crippen LogP contribution in [-0.2, 0) is 4.79 Å². The van der Waals surface area contributed by atoms with Crippen molar-refractivity contribution in [2.75, 3.05) is 29.4 Å². The summed E-state index contributed by atoms with van der Waals surface area (Å²) in [4.78, 5) is 17.3. The Balaban J connectivity index is 1.48. The molecule has 2 heterocycles. The van der Waals surface area contributed by atoms with Crippen LogP contribution < -0.4 is 9.80 Å². The van der Waals surface area contributed by atoms with Crippen molar-refractivity contribution in [1.29, 1.82) is 0 Å². The minimum absolute atomic E-state index is 0.0308. The highest BCUT2D eigenvalue weighted by Crippen LogP contribution is 2.27. The summed E-state index contributed by atoms with van der Waals surface area (Å²) in [6.45, 7) is 6.36. The topological polar surface area (TPSA) is 49.3 Å². The lowest BCUT2D eigenvalue weighted by atomic mass is 9.96. The lowest BCUT2D eigenvalue weighted by molar-refractivity contribution is -0.122. The van der Waals surface area contributed by atoms with Crippen LogP contribution in [0.15, 0.2) is 66.7 Å². The molecule has 4 rings (SSSR count). The molecule has 1 aromatic heterocycles. The zero-order valence-electron chi connectivity index (χ0n) is 17.7. The molecular weight excluding hydrogens is 372 g/mol. The van der Waals surface area contributed by atoms with Gasteiger partial charge in [0.15, 0.2) is 5.82 Å². The number of nitrogens with zero attached hydrogens (tertiary/aromatic N) is 4. The molecule has 0 aliphatic carbocycles. The summed E-state index contributed by atoms with van der Waals surface area (Å²) in [5.74, 6) is 1.00. The predicted octanol–water partition coefficient (Wildman–Crippen LogP) is 4.72. The molecule has 1 amide bonds. The lowest BCUT2D eigenvalue weighted by Gasteiger charge is -2.35. The second-order valence-corrected chi connectivity index (χ2v) is 7.79. The van der Waals surface area contributed by atoms with E-state index < -0.39 is 0 Å². The Hall–Kier alpha value is -3.21. The summed E-state index contributed by atoms with van der Waals surface area (Å²) >= 11 is 0. The van der Waals surface area contributed by atoms with Gasteiger partial charge < -0.3 is 9.80 Å². The molecule has 0 bridgehead atoms. The molecule has 1 unspecified atom stereocenters. The van der Waals surface area contributed by atoms with E-state index in [9.17, 15) is 4.79 Å². The summed E-state index contributed by atoms with van der Waals surface area (Å²) in [6, 6.07) is 22.2. The minimum atomic E-state index is -0.0308. The number of para-hydroxylation sites is 1. The second-order valence-electron chi connectivity index (χ2n) is 7.79. The van der Waals surface area contributed by atoms with Crippen molar-refractivity contribution in [1.82, 2.24) is 10.2 Å². The number of amides is 1. The van der Waals surface area contributed by atoms with Crippen LogP contribution in [0.1, 0.15) is 25.3 Å². The van der Waals surface area contributed by atoms with Crippen LogP contribution in [0, 0.1) is 12.8 Å². The minimum Gasteiger partial charge on any atom is -0.354 e. The fourth-order valence-corrected chi connectivity index (χ4v) is 4.18. The van der Waals surface area contributed by atoms with Crippen LogP contribution in [0.3, 0.4) is 0 Å². The molecule has 30 heavy (non-hydrogen) atoms. The molecule has 1 aliphatic heterocycles. The van der Waals surface area contributed by atoms with E-state index in [1.165, 1.54) is 5.56 Å². The number of benzene rings is 2. The molecule has 154 valence electrons. The second kappa shape index (κ2) is 9.08. The summed E-state index contributed by atoms with van der Waals surface area (Å²) in [6.07, 6.45) is 1.89. The Kier molecular flexibility index (Phi) is 6.07. The highest BCUT2D eigenvalue weighted by atomic mass is 16.2. The van der Waals surface area contributed by atoms with Crippen LogP contribution in [0.2, 0.25) is 0 Å². The lowest BCUT2D eigenvalue weighted by Crippen LogP contribution is -2.45. The maximum absolute atomic E-state index is 13.2. The first kappa shape index (κ1) is 20.1. The first-order valence-electron chi connectivity index (χ1n) is 10.7. The van der Waals surface area contributed by atoms with Crippen LogP contribution in [0.5, 0.6) is 0 Å². The van der Waals surface area contributed by atoms with Gasteiger partial charge >= 0.3 is 0 Å². The fraction of sp³-hybridized carbons (Fsp3) is 0.320. The highest BCUT2D eigenvalue weighted by Gasteiger charge is 2.30. The smallest absolute Gasteiger partial charge is 0.231 e. The molecule has 0 saturated carbocycles. The zero-order valence-corrected chi connectivity index (χ0v) is 17.7. The van der Waals surface area contributed by atoms with Gasteiger partial charge in [-0.2, -0.15) is 0 Å². The SMILES string of the molecule is CCN(C(=O)C1CCCN(c2ccc(-c3ccccc3C)nn2)C1)c1ccccc1.